The van der Waals surface area contributed by atoms with E-state index in [2.05, 4.69) is 0 Å². The molecule has 3 aromatic rings. The fourth-order valence-corrected chi connectivity index (χ4v) is 6.48. The van der Waals surface area contributed by atoms with E-state index in [9.17, 15) is 8.42 Å². The second-order valence-electron chi connectivity index (χ2n) is 6.61. The van der Waals surface area contributed by atoms with E-state index in [0.717, 1.165) is 21.7 Å². The molecule has 0 saturated heterocycles. The third kappa shape index (κ3) is 4.33. The molecule has 0 amide bonds. The monoisotopic (exact) mass is 442 g/mol. The van der Waals surface area contributed by atoms with Gasteiger partial charge >= 0.3 is 0 Å². The van der Waals surface area contributed by atoms with E-state index < -0.39 is 10.0 Å². The molecule has 0 saturated carbocycles. The number of hydrogen-bond acceptors (Lipinski definition) is 5. The van der Waals surface area contributed by atoms with E-state index in [1.807, 2.05) is 81.4 Å². The molecule has 0 atom stereocenters. The Morgan fingerprint density at radius 3 is 1.90 bits per heavy atom. The first kappa shape index (κ1) is 22.2. The molecule has 0 aliphatic rings. The number of benzene rings is 2. The van der Waals surface area contributed by atoms with Gasteiger partial charge in [-0.1, -0.05) is 74.5 Å². The summed E-state index contributed by atoms with van der Waals surface area (Å²) in [5, 5.41) is 0. The fourth-order valence-electron chi connectivity index (χ4n) is 3.25. The van der Waals surface area contributed by atoms with Crippen molar-refractivity contribution in [2.75, 3.05) is 20.2 Å². The molecular weight excluding hydrogens is 416 g/mol. The van der Waals surface area contributed by atoms with Crippen molar-refractivity contribution in [1.29, 1.82) is 0 Å². The molecule has 30 heavy (non-hydrogen) atoms. The van der Waals surface area contributed by atoms with Gasteiger partial charge < -0.3 is 4.74 Å². The number of nitrogens with zero attached hydrogens (tertiary/aromatic N) is 2. The third-order valence-electron chi connectivity index (χ3n) is 4.78. The first-order valence-corrected chi connectivity index (χ1v) is 12.1. The Hall–Kier alpha value is -2.48. The van der Waals surface area contributed by atoms with Crippen LogP contribution in [-0.2, 0) is 10.0 Å². The van der Waals surface area contributed by atoms with Crippen LogP contribution in [0.1, 0.15) is 29.9 Å². The lowest BCUT2D eigenvalue weighted by Gasteiger charge is -2.18. The number of thiophene rings is 1. The zero-order valence-corrected chi connectivity index (χ0v) is 19.3. The van der Waals surface area contributed by atoms with E-state index in [4.69, 9.17) is 9.73 Å². The highest BCUT2D eigenvalue weighted by molar-refractivity contribution is 7.91. The maximum atomic E-state index is 13.2. The summed E-state index contributed by atoms with van der Waals surface area (Å²) in [6, 6.07) is 19.7. The van der Waals surface area contributed by atoms with Crippen molar-refractivity contribution in [3.8, 4) is 5.75 Å². The molecule has 0 radical (unpaired) electrons. The van der Waals surface area contributed by atoms with Crippen molar-refractivity contribution in [3.05, 3.63) is 76.7 Å². The van der Waals surface area contributed by atoms with Crippen LogP contribution in [0.25, 0.3) is 0 Å². The molecule has 0 fully saturated rings. The van der Waals surface area contributed by atoms with Crippen molar-refractivity contribution in [2.24, 2.45) is 4.99 Å². The zero-order chi connectivity index (χ0) is 21.7. The first-order valence-electron chi connectivity index (χ1n) is 9.81. The first-order chi connectivity index (χ1) is 14.4. The van der Waals surface area contributed by atoms with Crippen molar-refractivity contribution in [1.82, 2.24) is 4.31 Å². The second kappa shape index (κ2) is 9.55. The number of ether oxygens (including phenoxy) is 1. The topological polar surface area (TPSA) is 59.0 Å². The Kier molecular flexibility index (Phi) is 7.07. The van der Waals surface area contributed by atoms with Gasteiger partial charge in [0.2, 0.25) is 0 Å². The lowest BCUT2D eigenvalue weighted by Crippen LogP contribution is -2.30. The van der Waals surface area contributed by atoms with Crippen LogP contribution in [-0.4, -0.2) is 38.6 Å². The number of sulfonamides is 1. The van der Waals surface area contributed by atoms with Crippen LogP contribution in [0.3, 0.4) is 0 Å². The van der Waals surface area contributed by atoms with Gasteiger partial charge in [0.1, 0.15) is 5.69 Å². The normalized spacial score (nSPS) is 11.5. The molecule has 1 aromatic heterocycles. The minimum atomic E-state index is -3.65. The molecule has 158 valence electrons. The standard InChI is InChI=1S/C23H26N2O3S2/c1-5-25(6-2)30(26,27)23-22(28-4)20(17(3)29-23)24-21(18-13-9-7-10-14-18)19-15-11-8-12-16-19/h7-16H,5-6H2,1-4H3. The molecule has 2 aromatic carbocycles. The van der Waals surface area contributed by atoms with Gasteiger partial charge in [0.25, 0.3) is 10.0 Å². The summed E-state index contributed by atoms with van der Waals surface area (Å²) in [5.74, 6) is 0.300. The van der Waals surface area contributed by atoms with Crippen molar-refractivity contribution in [2.45, 2.75) is 25.0 Å². The minimum Gasteiger partial charge on any atom is -0.492 e. The molecule has 0 N–H and O–H groups in total. The SMILES string of the molecule is CCN(CC)S(=O)(=O)c1sc(C)c(N=C(c2ccccc2)c2ccccc2)c1OC. The van der Waals surface area contributed by atoms with Gasteiger partial charge in [-0.3, -0.25) is 0 Å². The fraction of sp³-hybridized carbons (Fsp3) is 0.261. The summed E-state index contributed by atoms with van der Waals surface area (Å²) in [4.78, 5) is 5.73. The highest BCUT2D eigenvalue weighted by Gasteiger charge is 2.31. The van der Waals surface area contributed by atoms with E-state index in [1.54, 1.807) is 0 Å². The van der Waals surface area contributed by atoms with Crippen molar-refractivity contribution in [3.63, 3.8) is 0 Å². The van der Waals surface area contributed by atoms with E-state index >= 15 is 0 Å². The van der Waals surface area contributed by atoms with Gasteiger partial charge in [-0.2, -0.15) is 4.31 Å². The molecular formula is C23H26N2O3S2. The van der Waals surface area contributed by atoms with Crippen LogP contribution < -0.4 is 4.74 Å². The van der Waals surface area contributed by atoms with Crippen molar-refractivity contribution >= 4 is 32.8 Å². The molecule has 0 aliphatic carbocycles. The summed E-state index contributed by atoms with van der Waals surface area (Å²) < 4.78 is 33.6. The number of aliphatic imine (C=N–C) groups is 1. The van der Waals surface area contributed by atoms with Crippen LogP contribution in [0.15, 0.2) is 69.9 Å². The Bertz CT molecular complexity index is 1080. The smallest absolute Gasteiger partial charge is 0.256 e. The van der Waals surface area contributed by atoms with Crippen LogP contribution in [0.4, 0.5) is 5.69 Å². The predicted molar refractivity (Wildman–Crippen MR) is 124 cm³/mol. The zero-order valence-electron chi connectivity index (χ0n) is 17.6. The number of methoxy groups -OCH3 is 1. The maximum Gasteiger partial charge on any atom is 0.256 e. The highest BCUT2D eigenvalue weighted by Crippen LogP contribution is 2.46. The lowest BCUT2D eigenvalue weighted by molar-refractivity contribution is 0.401. The molecule has 5 nitrogen and oxygen atoms in total. The van der Waals surface area contributed by atoms with Gasteiger partial charge in [-0.05, 0) is 6.92 Å². The van der Waals surface area contributed by atoms with Gasteiger partial charge in [0, 0.05) is 29.1 Å². The van der Waals surface area contributed by atoms with Crippen LogP contribution >= 0.6 is 11.3 Å². The lowest BCUT2D eigenvalue weighted by atomic mass is 10.0. The molecule has 3 rings (SSSR count). The van der Waals surface area contributed by atoms with Gasteiger partial charge in [-0.25, -0.2) is 13.4 Å². The molecule has 1 heterocycles. The maximum absolute atomic E-state index is 13.2. The Balaban J connectivity index is 2.23. The summed E-state index contributed by atoms with van der Waals surface area (Å²) in [5.41, 5.74) is 3.21. The Labute approximate surface area is 182 Å². The summed E-state index contributed by atoms with van der Waals surface area (Å²) in [7, 11) is -2.16. The molecule has 7 heteroatoms. The third-order valence-corrected chi connectivity index (χ3v) is 8.38. The van der Waals surface area contributed by atoms with Gasteiger partial charge in [-0.15, -0.1) is 11.3 Å². The van der Waals surface area contributed by atoms with Crippen LogP contribution in [0.2, 0.25) is 0 Å². The molecule has 0 bridgehead atoms. The largest absolute Gasteiger partial charge is 0.492 e. The summed E-state index contributed by atoms with van der Waals surface area (Å²) >= 11 is 1.20. The Morgan fingerprint density at radius 2 is 1.47 bits per heavy atom. The van der Waals surface area contributed by atoms with E-state index in [-0.39, 0.29) is 4.21 Å². The average molecular weight is 443 g/mol. The number of hydrogen-bond donors (Lipinski definition) is 0. The van der Waals surface area contributed by atoms with Crippen molar-refractivity contribution < 1.29 is 13.2 Å². The summed E-state index contributed by atoms with van der Waals surface area (Å²) in [6.07, 6.45) is 0. The van der Waals surface area contributed by atoms with E-state index in [0.29, 0.717) is 24.5 Å². The van der Waals surface area contributed by atoms with Crippen LogP contribution in [0, 0.1) is 6.92 Å². The van der Waals surface area contributed by atoms with Gasteiger partial charge in [0.05, 0.1) is 12.8 Å². The predicted octanol–water partition coefficient (Wildman–Crippen LogP) is 5.26. The second-order valence-corrected chi connectivity index (χ2v) is 9.97. The molecule has 0 spiro atoms. The van der Waals surface area contributed by atoms with E-state index in [1.165, 1.54) is 22.8 Å². The minimum absolute atomic E-state index is 0.199. The average Bonchev–Trinajstić information content (AvgIpc) is 3.10. The molecule has 0 unspecified atom stereocenters. The van der Waals surface area contributed by atoms with Crippen LogP contribution in [0.5, 0.6) is 5.75 Å². The highest BCUT2D eigenvalue weighted by atomic mass is 32.2. The quantitative estimate of drug-likeness (QED) is 0.447. The molecule has 0 aliphatic heterocycles. The number of rotatable bonds is 8. The Morgan fingerprint density at radius 1 is 0.967 bits per heavy atom. The number of aryl methyl sites for hydroxylation is 1. The summed E-state index contributed by atoms with van der Waals surface area (Å²) in [6.45, 7) is 6.33. The van der Waals surface area contributed by atoms with Gasteiger partial charge in [0.15, 0.2) is 9.96 Å².